The first-order chi connectivity index (χ1) is 14.6. The van der Waals surface area contributed by atoms with Gasteiger partial charge in [-0.1, -0.05) is 18.2 Å². The molecule has 1 aliphatic rings. The van der Waals surface area contributed by atoms with Gasteiger partial charge in [0, 0.05) is 29.9 Å². The average Bonchev–Trinajstić information content (AvgIpc) is 3.12. The molecule has 0 atom stereocenters. The first-order valence-electron chi connectivity index (χ1n) is 9.86. The summed E-state index contributed by atoms with van der Waals surface area (Å²) in [6, 6.07) is 15.2. The number of methoxy groups -OCH3 is 1. The lowest BCUT2D eigenvalue weighted by atomic mass is 9.82. The van der Waals surface area contributed by atoms with Crippen LogP contribution in [0.3, 0.4) is 0 Å². The van der Waals surface area contributed by atoms with Gasteiger partial charge in [-0.15, -0.1) is 0 Å². The number of aromatic nitrogens is 3. The Bertz CT molecular complexity index is 1200. The summed E-state index contributed by atoms with van der Waals surface area (Å²) in [5.41, 5.74) is 8.49. The average molecular weight is 402 g/mol. The van der Waals surface area contributed by atoms with Crippen molar-refractivity contribution in [3.05, 3.63) is 66.7 Å². The molecule has 5 rings (SSSR count). The van der Waals surface area contributed by atoms with E-state index in [1.807, 2.05) is 59.1 Å². The van der Waals surface area contributed by atoms with Crippen LogP contribution in [0.4, 0.5) is 5.82 Å². The summed E-state index contributed by atoms with van der Waals surface area (Å²) in [6.45, 7) is 0. The van der Waals surface area contributed by atoms with Crippen molar-refractivity contribution in [2.24, 2.45) is 0 Å². The molecule has 7 nitrogen and oxygen atoms in total. The maximum Gasteiger partial charge on any atom is 0.150 e. The minimum Gasteiger partial charge on any atom is -0.496 e. The molecule has 1 aliphatic carbocycles. The fraction of sp³-hybridized carbons (Fsp3) is 0.217. The van der Waals surface area contributed by atoms with Gasteiger partial charge in [-0.2, -0.15) is 0 Å². The van der Waals surface area contributed by atoms with Crippen LogP contribution in [0.25, 0.3) is 16.8 Å². The Labute approximate surface area is 173 Å². The number of rotatable bonds is 5. The SMILES string of the molecule is COc1cc(Oc2ccccc2)ccc1-c1nc(C2CC(O)C2)n2ccnc(N)c12. The lowest BCUT2D eigenvalue weighted by Crippen LogP contribution is -2.27. The fourth-order valence-electron chi connectivity index (χ4n) is 3.92. The Balaban J connectivity index is 1.59. The second kappa shape index (κ2) is 7.35. The Morgan fingerprint density at radius 3 is 2.63 bits per heavy atom. The number of hydrogen-bond donors (Lipinski definition) is 2. The van der Waals surface area contributed by atoms with Crippen LogP contribution in [0.2, 0.25) is 0 Å². The van der Waals surface area contributed by atoms with Crippen LogP contribution in [0.1, 0.15) is 24.6 Å². The number of para-hydroxylation sites is 1. The minimum absolute atomic E-state index is 0.190. The van der Waals surface area contributed by atoms with Gasteiger partial charge < -0.3 is 20.3 Å². The number of ether oxygens (including phenoxy) is 2. The number of nitrogens with two attached hydrogens (primary N) is 1. The van der Waals surface area contributed by atoms with Gasteiger partial charge in [0.2, 0.25) is 0 Å². The summed E-state index contributed by atoms with van der Waals surface area (Å²) in [7, 11) is 1.62. The van der Waals surface area contributed by atoms with E-state index in [1.54, 1.807) is 13.3 Å². The van der Waals surface area contributed by atoms with E-state index >= 15 is 0 Å². The zero-order valence-corrected chi connectivity index (χ0v) is 16.5. The summed E-state index contributed by atoms with van der Waals surface area (Å²) in [4.78, 5) is 9.17. The van der Waals surface area contributed by atoms with Crippen molar-refractivity contribution < 1.29 is 14.6 Å². The Hall–Kier alpha value is -3.58. The van der Waals surface area contributed by atoms with E-state index in [4.69, 9.17) is 20.2 Å². The molecule has 152 valence electrons. The molecule has 2 aromatic carbocycles. The highest BCUT2D eigenvalue weighted by atomic mass is 16.5. The third kappa shape index (κ3) is 3.13. The molecule has 1 saturated carbocycles. The van der Waals surface area contributed by atoms with Crippen LogP contribution in [-0.2, 0) is 0 Å². The third-order valence-electron chi connectivity index (χ3n) is 5.50. The highest BCUT2D eigenvalue weighted by molar-refractivity contribution is 5.88. The van der Waals surface area contributed by atoms with Crippen molar-refractivity contribution >= 4 is 11.3 Å². The van der Waals surface area contributed by atoms with E-state index in [-0.39, 0.29) is 12.0 Å². The first kappa shape index (κ1) is 18.4. The van der Waals surface area contributed by atoms with Crippen LogP contribution in [0.5, 0.6) is 17.2 Å². The van der Waals surface area contributed by atoms with Gasteiger partial charge >= 0.3 is 0 Å². The summed E-state index contributed by atoms with van der Waals surface area (Å²) in [5, 5.41) is 9.76. The Kier molecular flexibility index (Phi) is 4.52. The number of aliphatic hydroxyl groups is 1. The molecular formula is C23H22N4O3. The first-order valence-corrected chi connectivity index (χ1v) is 9.86. The van der Waals surface area contributed by atoms with Gasteiger partial charge in [-0.05, 0) is 37.1 Å². The van der Waals surface area contributed by atoms with Crippen LogP contribution in [0, 0.1) is 0 Å². The molecule has 7 heteroatoms. The minimum atomic E-state index is -0.270. The second-order valence-electron chi connectivity index (χ2n) is 7.45. The zero-order valence-electron chi connectivity index (χ0n) is 16.5. The number of fused-ring (bicyclic) bond motifs is 1. The smallest absolute Gasteiger partial charge is 0.150 e. The number of aliphatic hydroxyl groups excluding tert-OH is 1. The van der Waals surface area contributed by atoms with Crippen molar-refractivity contribution in [2.45, 2.75) is 24.9 Å². The predicted molar refractivity (Wildman–Crippen MR) is 114 cm³/mol. The largest absolute Gasteiger partial charge is 0.496 e. The van der Waals surface area contributed by atoms with E-state index in [0.29, 0.717) is 35.9 Å². The molecule has 0 amide bonds. The van der Waals surface area contributed by atoms with Gasteiger partial charge in [-0.3, -0.25) is 4.40 Å². The predicted octanol–water partition coefficient (Wildman–Crippen LogP) is 4.02. The molecule has 2 heterocycles. The normalized spacial score (nSPS) is 18.2. The molecule has 4 aromatic rings. The van der Waals surface area contributed by atoms with E-state index in [2.05, 4.69) is 4.98 Å². The number of hydrogen-bond acceptors (Lipinski definition) is 6. The molecule has 0 bridgehead atoms. The summed E-state index contributed by atoms with van der Waals surface area (Å²) >= 11 is 0. The standard InChI is InChI=1S/C23H22N4O3/c1-29-19-13-17(30-16-5-3-2-4-6-16)7-8-18(19)20-21-22(24)25-9-10-27(21)23(26-20)14-11-15(28)12-14/h2-10,13-15,28H,11-12H2,1H3,(H2,24,25). The van der Waals surface area contributed by atoms with Crippen molar-refractivity contribution in [2.75, 3.05) is 12.8 Å². The Morgan fingerprint density at radius 2 is 1.90 bits per heavy atom. The van der Waals surface area contributed by atoms with Crippen LogP contribution in [0.15, 0.2) is 60.9 Å². The topological polar surface area (TPSA) is 94.9 Å². The summed E-state index contributed by atoms with van der Waals surface area (Å²) < 4.78 is 13.6. The molecule has 0 spiro atoms. The van der Waals surface area contributed by atoms with Gasteiger partial charge in [-0.25, -0.2) is 9.97 Å². The number of anilines is 1. The van der Waals surface area contributed by atoms with Gasteiger partial charge in [0.15, 0.2) is 0 Å². The third-order valence-corrected chi connectivity index (χ3v) is 5.50. The molecule has 2 aromatic heterocycles. The van der Waals surface area contributed by atoms with Crippen molar-refractivity contribution in [1.82, 2.24) is 14.4 Å². The molecule has 0 radical (unpaired) electrons. The van der Waals surface area contributed by atoms with Crippen LogP contribution in [-0.4, -0.2) is 32.7 Å². The maximum atomic E-state index is 9.76. The van der Waals surface area contributed by atoms with Crippen molar-refractivity contribution in [3.8, 4) is 28.5 Å². The lowest BCUT2D eigenvalue weighted by molar-refractivity contribution is 0.0715. The zero-order chi connectivity index (χ0) is 20.7. The van der Waals surface area contributed by atoms with Crippen molar-refractivity contribution in [3.63, 3.8) is 0 Å². The van der Waals surface area contributed by atoms with E-state index < -0.39 is 0 Å². The maximum absolute atomic E-state index is 9.76. The quantitative estimate of drug-likeness (QED) is 0.524. The van der Waals surface area contributed by atoms with Crippen LogP contribution >= 0.6 is 0 Å². The Morgan fingerprint density at radius 1 is 1.10 bits per heavy atom. The van der Waals surface area contributed by atoms with E-state index in [1.165, 1.54) is 0 Å². The number of imidazole rings is 1. The van der Waals surface area contributed by atoms with E-state index in [9.17, 15) is 5.11 Å². The molecule has 0 saturated heterocycles. The highest BCUT2D eigenvalue weighted by Crippen LogP contribution is 2.42. The monoisotopic (exact) mass is 402 g/mol. The van der Waals surface area contributed by atoms with E-state index in [0.717, 1.165) is 22.7 Å². The molecule has 3 N–H and O–H groups in total. The summed E-state index contributed by atoms with van der Waals surface area (Å²) in [5.74, 6) is 3.52. The molecule has 0 aliphatic heterocycles. The number of nitrogen functional groups attached to an aromatic ring is 1. The van der Waals surface area contributed by atoms with Gasteiger partial charge in [0.25, 0.3) is 0 Å². The molecule has 1 fully saturated rings. The lowest BCUT2D eigenvalue weighted by Gasteiger charge is -2.30. The van der Waals surface area contributed by atoms with Crippen LogP contribution < -0.4 is 15.2 Å². The summed E-state index contributed by atoms with van der Waals surface area (Å²) in [6.07, 6.45) is 4.65. The second-order valence-corrected chi connectivity index (χ2v) is 7.45. The molecular weight excluding hydrogens is 380 g/mol. The van der Waals surface area contributed by atoms with Crippen molar-refractivity contribution in [1.29, 1.82) is 0 Å². The van der Waals surface area contributed by atoms with Gasteiger partial charge in [0.05, 0.1) is 13.2 Å². The molecule has 30 heavy (non-hydrogen) atoms. The number of benzene rings is 2. The molecule has 0 unspecified atom stereocenters. The fourth-order valence-corrected chi connectivity index (χ4v) is 3.92. The highest BCUT2D eigenvalue weighted by Gasteiger charge is 2.33. The van der Waals surface area contributed by atoms with Gasteiger partial charge in [0.1, 0.15) is 40.1 Å². The number of nitrogens with zero attached hydrogens (tertiary/aromatic N) is 3.